The number of halogens is 3. The second kappa shape index (κ2) is 8.14. The molecular weight excluding hydrogens is 416 g/mol. The molecule has 1 atom stereocenters. The van der Waals surface area contributed by atoms with Crippen LogP contribution in [0.3, 0.4) is 0 Å². The molecular formula is C21H18Cl2FN3O2. The summed E-state index contributed by atoms with van der Waals surface area (Å²) >= 11 is 12.6. The van der Waals surface area contributed by atoms with Crippen LogP contribution in [0.5, 0.6) is 0 Å². The van der Waals surface area contributed by atoms with Crippen LogP contribution in [0.1, 0.15) is 34.1 Å². The number of fused-ring (bicyclic) bond motifs is 1. The van der Waals surface area contributed by atoms with Crippen molar-refractivity contribution in [3.05, 3.63) is 75.1 Å². The monoisotopic (exact) mass is 433 g/mol. The van der Waals surface area contributed by atoms with E-state index >= 15 is 0 Å². The number of aromatic nitrogens is 2. The van der Waals surface area contributed by atoms with Crippen molar-refractivity contribution < 1.29 is 13.9 Å². The predicted octanol–water partition coefficient (Wildman–Crippen LogP) is 5.10. The van der Waals surface area contributed by atoms with Crippen molar-refractivity contribution in [1.29, 1.82) is 0 Å². The Balaban J connectivity index is 1.84. The lowest BCUT2D eigenvalue weighted by atomic mass is 9.96. The first-order valence-electron chi connectivity index (χ1n) is 9.10. The topological polar surface area (TPSA) is 58.2 Å². The lowest BCUT2D eigenvalue weighted by Crippen LogP contribution is -2.31. The van der Waals surface area contributed by atoms with E-state index in [9.17, 15) is 9.18 Å². The summed E-state index contributed by atoms with van der Waals surface area (Å²) in [5.74, 6) is -0.497. The van der Waals surface area contributed by atoms with Crippen LogP contribution >= 0.6 is 23.2 Å². The third kappa shape index (κ3) is 3.64. The van der Waals surface area contributed by atoms with Gasteiger partial charge in [0, 0.05) is 41.4 Å². The zero-order valence-corrected chi connectivity index (χ0v) is 17.1. The number of carbonyl (C=O) groups is 1. The molecule has 0 radical (unpaired) electrons. The van der Waals surface area contributed by atoms with Gasteiger partial charge in [0.15, 0.2) is 0 Å². The molecule has 4 rings (SSSR count). The van der Waals surface area contributed by atoms with Crippen LogP contribution in [-0.2, 0) is 4.74 Å². The summed E-state index contributed by atoms with van der Waals surface area (Å²) in [7, 11) is 1.62. The Morgan fingerprint density at radius 3 is 2.66 bits per heavy atom. The lowest BCUT2D eigenvalue weighted by Gasteiger charge is -2.27. The standard InChI is InChI=1S/C21H18Cl2FN3O2/c1-29-10-2-9-27-20(15-8-5-13(22)11-16(15)23)17-18(25-26-19(17)21(27)28)12-3-6-14(24)7-4-12/h3-8,11,20H,2,9-10H2,1H3,(H,25,26). The smallest absolute Gasteiger partial charge is 0.273 e. The van der Waals surface area contributed by atoms with Crippen LogP contribution in [0.2, 0.25) is 10.0 Å². The highest BCUT2D eigenvalue weighted by Crippen LogP contribution is 2.45. The van der Waals surface area contributed by atoms with Gasteiger partial charge in [-0.2, -0.15) is 5.10 Å². The van der Waals surface area contributed by atoms with Gasteiger partial charge in [0.25, 0.3) is 5.91 Å². The number of H-pyrrole nitrogens is 1. The van der Waals surface area contributed by atoms with Gasteiger partial charge in [-0.3, -0.25) is 9.89 Å². The fourth-order valence-corrected chi connectivity index (χ4v) is 4.19. The number of amides is 1. The van der Waals surface area contributed by atoms with E-state index in [2.05, 4.69) is 10.2 Å². The number of ether oxygens (including phenoxy) is 1. The van der Waals surface area contributed by atoms with Gasteiger partial charge < -0.3 is 9.64 Å². The van der Waals surface area contributed by atoms with E-state index in [-0.39, 0.29) is 11.7 Å². The molecule has 1 amide bonds. The van der Waals surface area contributed by atoms with Crippen LogP contribution in [-0.4, -0.2) is 41.3 Å². The minimum absolute atomic E-state index is 0.159. The molecule has 1 aliphatic rings. The Bertz CT molecular complexity index is 1050. The van der Waals surface area contributed by atoms with Crippen LogP contribution in [0.25, 0.3) is 11.3 Å². The van der Waals surface area contributed by atoms with Gasteiger partial charge in [0.05, 0.1) is 11.7 Å². The number of nitrogens with zero attached hydrogens (tertiary/aromatic N) is 2. The summed E-state index contributed by atoms with van der Waals surface area (Å²) in [5, 5.41) is 8.20. The molecule has 0 saturated carbocycles. The minimum Gasteiger partial charge on any atom is -0.385 e. The van der Waals surface area contributed by atoms with Crippen molar-refractivity contribution in [2.75, 3.05) is 20.3 Å². The van der Waals surface area contributed by atoms with Crippen molar-refractivity contribution >= 4 is 29.1 Å². The fourth-order valence-electron chi connectivity index (χ4n) is 3.68. The SMILES string of the molecule is COCCCN1C(=O)c2[nH]nc(-c3ccc(F)cc3)c2C1c1ccc(Cl)cc1Cl. The molecule has 0 spiro atoms. The highest BCUT2D eigenvalue weighted by molar-refractivity contribution is 6.35. The van der Waals surface area contributed by atoms with Gasteiger partial charge >= 0.3 is 0 Å². The number of aromatic amines is 1. The highest BCUT2D eigenvalue weighted by atomic mass is 35.5. The van der Waals surface area contributed by atoms with Gasteiger partial charge in [-0.15, -0.1) is 0 Å². The average Bonchev–Trinajstić information content (AvgIpc) is 3.23. The Morgan fingerprint density at radius 1 is 1.21 bits per heavy atom. The first-order chi connectivity index (χ1) is 14.0. The summed E-state index contributed by atoms with van der Waals surface area (Å²) in [6.07, 6.45) is 0.674. The predicted molar refractivity (Wildman–Crippen MR) is 110 cm³/mol. The first-order valence-corrected chi connectivity index (χ1v) is 9.86. The molecule has 1 aromatic heterocycles. The van der Waals surface area contributed by atoms with Crippen LogP contribution in [0.15, 0.2) is 42.5 Å². The Labute approximate surface area is 177 Å². The van der Waals surface area contributed by atoms with Gasteiger partial charge in [0.2, 0.25) is 0 Å². The molecule has 0 bridgehead atoms. The number of benzene rings is 2. The van der Waals surface area contributed by atoms with Crippen molar-refractivity contribution in [1.82, 2.24) is 15.1 Å². The molecule has 0 aliphatic carbocycles. The second-order valence-corrected chi connectivity index (χ2v) is 7.62. The number of carbonyl (C=O) groups excluding carboxylic acids is 1. The number of rotatable bonds is 6. The van der Waals surface area contributed by atoms with Crippen molar-refractivity contribution in [2.24, 2.45) is 0 Å². The van der Waals surface area contributed by atoms with E-state index in [0.29, 0.717) is 46.6 Å². The molecule has 29 heavy (non-hydrogen) atoms. The maximum Gasteiger partial charge on any atom is 0.273 e. The molecule has 0 fully saturated rings. The first kappa shape index (κ1) is 19.9. The molecule has 2 aromatic carbocycles. The fraction of sp³-hybridized carbons (Fsp3) is 0.238. The second-order valence-electron chi connectivity index (χ2n) is 6.78. The summed E-state index contributed by atoms with van der Waals surface area (Å²) in [5.41, 5.74) is 3.20. The minimum atomic E-state index is -0.432. The number of methoxy groups -OCH3 is 1. The largest absolute Gasteiger partial charge is 0.385 e. The van der Waals surface area contributed by atoms with E-state index in [4.69, 9.17) is 27.9 Å². The molecule has 1 unspecified atom stereocenters. The van der Waals surface area contributed by atoms with Gasteiger partial charge in [-0.1, -0.05) is 29.3 Å². The Kier molecular flexibility index (Phi) is 5.58. The summed E-state index contributed by atoms with van der Waals surface area (Å²) in [6.45, 7) is 1.02. The van der Waals surface area contributed by atoms with Crippen LogP contribution in [0, 0.1) is 5.82 Å². The maximum absolute atomic E-state index is 13.4. The summed E-state index contributed by atoms with van der Waals surface area (Å²) in [6, 6.07) is 10.8. The van der Waals surface area contributed by atoms with E-state index in [0.717, 1.165) is 11.1 Å². The zero-order valence-electron chi connectivity index (χ0n) is 15.6. The van der Waals surface area contributed by atoms with Crippen molar-refractivity contribution in [3.63, 3.8) is 0 Å². The molecule has 0 saturated heterocycles. The van der Waals surface area contributed by atoms with Crippen molar-refractivity contribution in [3.8, 4) is 11.3 Å². The highest BCUT2D eigenvalue weighted by Gasteiger charge is 2.42. The Hall–Kier alpha value is -2.41. The number of nitrogens with one attached hydrogen (secondary N) is 1. The molecule has 150 valence electrons. The quantitative estimate of drug-likeness (QED) is 0.549. The van der Waals surface area contributed by atoms with E-state index in [1.54, 1.807) is 36.3 Å². The van der Waals surface area contributed by atoms with Gasteiger partial charge in [-0.05, 0) is 48.4 Å². The molecule has 2 heterocycles. The third-order valence-corrected chi connectivity index (χ3v) is 5.55. The molecule has 5 nitrogen and oxygen atoms in total. The van der Waals surface area contributed by atoms with E-state index < -0.39 is 6.04 Å². The maximum atomic E-state index is 13.4. The molecule has 1 aliphatic heterocycles. The molecule has 1 N–H and O–H groups in total. The van der Waals surface area contributed by atoms with Crippen LogP contribution < -0.4 is 0 Å². The van der Waals surface area contributed by atoms with Gasteiger partial charge in [0.1, 0.15) is 11.5 Å². The summed E-state index contributed by atoms with van der Waals surface area (Å²) in [4.78, 5) is 14.9. The van der Waals surface area contributed by atoms with Crippen molar-refractivity contribution in [2.45, 2.75) is 12.5 Å². The zero-order chi connectivity index (χ0) is 20.5. The van der Waals surface area contributed by atoms with Gasteiger partial charge in [-0.25, -0.2) is 4.39 Å². The normalized spacial score (nSPS) is 15.8. The number of hydrogen-bond donors (Lipinski definition) is 1. The average molecular weight is 434 g/mol. The summed E-state index contributed by atoms with van der Waals surface area (Å²) < 4.78 is 18.5. The molecule has 3 aromatic rings. The molecule has 8 heteroatoms. The van der Waals surface area contributed by atoms with E-state index in [1.165, 1.54) is 12.1 Å². The third-order valence-electron chi connectivity index (χ3n) is 4.99. The lowest BCUT2D eigenvalue weighted by molar-refractivity contribution is 0.0723. The van der Waals surface area contributed by atoms with Crippen LogP contribution in [0.4, 0.5) is 4.39 Å². The van der Waals surface area contributed by atoms with E-state index in [1.807, 2.05) is 6.07 Å². The Morgan fingerprint density at radius 2 is 1.97 bits per heavy atom. The number of hydrogen-bond acceptors (Lipinski definition) is 3.